The summed E-state index contributed by atoms with van der Waals surface area (Å²) in [6.45, 7) is 0.805. The van der Waals surface area contributed by atoms with E-state index in [9.17, 15) is 0 Å². The van der Waals surface area contributed by atoms with Gasteiger partial charge in [0.1, 0.15) is 0 Å². The topological polar surface area (TPSA) is 69.6 Å². The zero-order valence-corrected chi connectivity index (χ0v) is 12.4. The molecule has 0 saturated heterocycles. The maximum atomic E-state index is 6.05. The van der Waals surface area contributed by atoms with Crippen molar-refractivity contribution in [1.82, 2.24) is 20.2 Å². The van der Waals surface area contributed by atoms with Gasteiger partial charge in [-0.25, -0.2) is 4.68 Å². The first-order chi connectivity index (χ1) is 9.65. The second-order valence-corrected chi connectivity index (χ2v) is 5.96. The minimum Gasteiger partial charge on any atom is -0.397 e. The van der Waals surface area contributed by atoms with Gasteiger partial charge in [-0.05, 0) is 41.3 Å². The average molecular weight is 312 g/mol. The van der Waals surface area contributed by atoms with Crippen LogP contribution in [0.3, 0.4) is 0 Å². The molecule has 0 atom stereocenters. The number of nitrogen functional groups attached to an aromatic ring is 1. The Kier molecular flexibility index (Phi) is 3.81. The Hall–Kier alpha value is -1.33. The van der Waals surface area contributed by atoms with Gasteiger partial charge in [-0.15, -0.1) is 5.10 Å². The molecule has 1 aliphatic carbocycles. The predicted octanol–water partition coefficient (Wildman–Crippen LogP) is 3.42. The van der Waals surface area contributed by atoms with Crippen LogP contribution in [0.5, 0.6) is 0 Å². The number of rotatable bonds is 5. The molecule has 0 radical (unpaired) electrons. The number of halogens is 2. The Balaban J connectivity index is 1.80. The maximum Gasteiger partial charge on any atom is 0.182 e. The number of nitrogens with two attached hydrogens (primary N) is 1. The molecule has 0 amide bonds. The number of benzene rings is 1. The second kappa shape index (κ2) is 5.58. The van der Waals surface area contributed by atoms with Gasteiger partial charge in [-0.1, -0.05) is 36.0 Å². The van der Waals surface area contributed by atoms with Crippen LogP contribution in [-0.4, -0.2) is 20.2 Å². The van der Waals surface area contributed by atoms with Crippen molar-refractivity contribution in [3.05, 3.63) is 22.2 Å². The monoisotopic (exact) mass is 311 g/mol. The van der Waals surface area contributed by atoms with Crippen LogP contribution < -0.4 is 5.73 Å². The Bertz CT molecular complexity index is 598. The zero-order chi connectivity index (χ0) is 14.1. The molecular formula is C13H15Cl2N5. The molecule has 2 N–H and O–H groups in total. The van der Waals surface area contributed by atoms with Crippen LogP contribution in [0.2, 0.25) is 10.0 Å². The first kappa shape index (κ1) is 13.6. The minimum absolute atomic E-state index is 0.364. The van der Waals surface area contributed by atoms with E-state index in [0.29, 0.717) is 21.6 Å². The van der Waals surface area contributed by atoms with Crippen molar-refractivity contribution >= 4 is 28.9 Å². The Morgan fingerprint density at radius 3 is 2.80 bits per heavy atom. The molecular weight excluding hydrogens is 297 g/mol. The second-order valence-electron chi connectivity index (χ2n) is 5.17. The maximum absolute atomic E-state index is 6.05. The molecule has 7 heteroatoms. The van der Waals surface area contributed by atoms with Crippen molar-refractivity contribution in [3.8, 4) is 11.4 Å². The number of nitrogens with zero attached hydrogens (tertiary/aromatic N) is 4. The molecule has 106 valence electrons. The fourth-order valence-corrected chi connectivity index (χ4v) is 2.57. The Morgan fingerprint density at radius 2 is 2.10 bits per heavy atom. The van der Waals surface area contributed by atoms with Crippen molar-refractivity contribution in [1.29, 1.82) is 0 Å². The summed E-state index contributed by atoms with van der Waals surface area (Å²) in [4.78, 5) is 0. The van der Waals surface area contributed by atoms with Crippen LogP contribution in [0.15, 0.2) is 12.1 Å². The van der Waals surface area contributed by atoms with Gasteiger partial charge >= 0.3 is 0 Å². The molecule has 0 unspecified atom stereocenters. The quantitative estimate of drug-likeness (QED) is 0.859. The molecule has 1 aromatic carbocycles. The fraction of sp³-hybridized carbons (Fsp3) is 0.462. The molecule has 0 aliphatic heterocycles. The Morgan fingerprint density at radius 1 is 1.30 bits per heavy atom. The zero-order valence-electron chi connectivity index (χ0n) is 10.9. The van der Waals surface area contributed by atoms with Gasteiger partial charge in [0.15, 0.2) is 5.82 Å². The third-order valence-electron chi connectivity index (χ3n) is 3.53. The van der Waals surface area contributed by atoms with Crippen molar-refractivity contribution in [2.45, 2.75) is 32.2 Å². The standard InChI is InChI=1S/C13H15Cl2N5/c14-10-6-9(7-11(16)12(10)15)13-17-18-19-20(13)5-1-2-8-3-4-8/h6-8H,1-5,16H2. The summed E-state index contributed by atoms with van der Waals surface area (Å²) >= 11 is 12.0. The number of aryl methyl sites for hydroxylation is 1. The first-order valence-electron chi connectivity index (χ1n) is 6.66. The van der Waals surface area contributed by atoms with Gasteiger partial charge in [0, 0.05) is 12.1 Å². The number of aromatic nitrogens is 4. The summed E-state index contributed by atoms with van der Waals surface area (Å²) in [5, 5.41) is 12.6. The fourth-order valence-electron chi connectivity index (χ4n) is 2.24. The van der Waals surface area contributed by atoms with Gasteiger partial charge in [0.05, 0.1) is 15.7 Å². The van der Waals surface area contributed by atoms with Crippen molar-refractivity contribution in [2.24, 2.45) is 5.92 Å². The van der Waals surface area contributed by atoms with Gasteiger partial charge in [-0.2, -0.15) is 0 Å². The van der Waals surface area contributed by atoms with Gasteiger partial charge < -0.3 is 5.73 Å². The molecule has 1 aromatic heterocycles. The number of hydrogen-bond donors (Lipinski definition) is 1. The highest BCUT2D eigenvalue weighted by molar-refractivity contribution is 6.43. The SMILES string of the molecule is Nc1cc(-c2nnnn2CCCC2CC2)cc(Cl)c1Cl. The van der Waals surface area contributed by atoms with E-state index in [4.69, 9.17) is 28.9 Å². The van der Waals surface area contributed by atoms with E-state index >= 15 is 0 Å². The highest BCUT2D eigenvalue weighted by Crippen LogP contribution is 2.34. The van der Waals surface area contributed by atoms with Crippen LogP contribution in [0.1, 0.15) is 25.7 Å². The molecule has 1 heterocycles. The van der Waals surface area contributed by atoms with Crippen LogP contribution in [0.25, 0.3) is 11.4 Å². The van der Waals surface area contributed by atoms with Gasteiger partial charge in [0.2, 0.25) is 0 Å². The molecule has 20 heavy (non-hydrogen) atoms. The van der Waals surface area contributed by atoms with E-state index in [0.717, 1.165) is 24.4 Å². The number of tetrazole rings is 1. The molecule has 2 aromatic rings. The summed E-state index contributed by atoms with van der Waals surface area (Å²) in [7, 11) is 0. The van der Waals surface area contributed by atoms with Gasteiger partial charge in [0.25, 0.3) is 0 Å². The van der Waals surface area contributed by atoms with Crippen LogP contribution in [0, 0.1) is 5.92 Å². The van der Waals surface area contributed by atoms with E-state index in [1.54, 1.807) is 16.8 Å². The largest absolute Gasteiger partial charge is 0.397 e. The summed E-state index contributed by atoms with van der Waals surface area (Å²) in [5.41, 5.74) is 7.05. The molecule has 0 bridgehead atoms. The van der Waals surface area contributed by atoms with E-state index in [2.05, 4.69) is 15.5 Å². The lowest BCUT2D eigenvalue weighted by molar-refractivity contribution is 0.527. The summed E-state index contributed by atoms with van der Waals surface area (Å²) in [5.74, 6) is 1.58. The highest BCUT2D eigenvalue weighted by Gasteiger charge is 2.20. The highest BCUT2D eigenvalue weighted by atomic mass is 35.5. The summed E-state index contributed by atoms with van der Waals surface area (Å²) in [6.07, 6.45) is 5.06. The molecule has 3 rings (SSSR count). The van der Waals surface area contributed by atoms with Crippen molar-refractivity contribution < 1.29 is 0 Å². The van der Waals surface area contributed by atoms with Crippen molar-refractivity contribution in [3.63, 3.8) is 0 Å². The Labute approximate surface area is 127 Å². The third-order valence-corrected chi connectivity index (χ3v) is 4.34. The minimum atomic E-state index is 0.364. The molecule has 5 nitrogen and oxygen atoms in total. The summed E-state index contributed by atoms with van der Waals surface area (Å²) in [6, 6.07) is 3.49. The first-order valence-corrected chi connectivity index (χ1v) is 7.42. The average Bonchev–Trinajstić information content (AvgIpc) is 3.12. The van der Waals surface area contributed by atoms with E-state index in [1.807, 2.05) is 0 Å². The van der Waals surface area contributed by atoms with E-state index in [-0.39, 0.29) is 0 Å². The molecule has 1 saturated carbocycles. The molecule has 0 spiro atoms. The lowest BCUT2D eigenvalue weighted by Gasteiger charge is -2.07. The van der Waals surface area contributed by atoms with Crippen molar-refractivity contribution in [2.75, 3.05) is 5.73 Å². The number of anilines is 1. The summed E-state index contributed by atoms with van der Waals surface area (Å²) < 4.78 is 1.79. The van der Waals surface area contributed by atoms with E-state index < -0.39 is 0 Å². The lowest BCUT2D eigenvalue weighted by atomic mass is 10.2. The predicted molar refractivity (Wildman–Crippen MR) is 79.6 cm³/mol. The smallest absolute Gasteiger partial charge is 0.182 e. The van der Waals surface area contributed by atoms with Gasteiger partial charge in [-0.3, -0.25) is 0 Å². The van der Waals surface area contributed by atoms with Crippen LogP contribution >= 0.6 is 23.2 Å². The normalized spacial score (nSPS) is 14.7. The van der Waals surface area contributed by atoms with Crippen LogP contribution in [0.4, 0.5) is 5.69 Å². The van der Waals surface area contributed by atoms with Crippen LogP contribution in [-0.2, 0) is 6.54 Å². The molecule has 1 aliphatic rings. The van der Waals surface area contributed by atoms with E-state index in [1.165, 1.54) is 19.3 Å². The molecule has 1 fully saturated rings. The lowest BCUT2D eigenvalue weighted by Crippen LogP contribution is -2.04. The third kappa shape index (κ3) is 2.88. The number of hydrogen-bond acceptors (Lipinski definition) is 4.